The van der Waals surface area contributed by atoms with Crippen molar-refractivity contribution in [2.45, 2.75) is 32.7 Å². The molecule has 0 bridgehead atoms. The van der Waals surface area contributed by atoms with Gasteiger partial charge in [-0.15, -0.1) is 0 Å². The molecule has 0 aliphatic heterocycles. The van der Waals surface area contributed by atoms with Crippen molar-refractivity contribution in [1.29, 1.82) is 5.26 Å². The van der Waals surface area contributed by atoms with E-state index in [1.807, 2.05) is 38.1 Å². The summed E-state index contributed by atoms with van der Waals surface area (Å²) in [4.78, 5) is 11.6. The molecule has 2 aromatic rings. The molecule has 22 heavy (non-hydrogen) atoms. The molecule has 1 aromatic heterocycles. The van der Waals surface area contributed by atoms with Crippen molar-refractivity contribution in [3.05, 3.63) is 53.3 Å². The lowest BCUT2D eigenvalue weighted by atomic mass is 9.86. The van der Waals surface area contributed by atoms with Gasteiger partial charge in [-0.3, -0.25) is 4.68 Å². The Bertz CT molecular complexity index is 693. The minimum Gasteiger partial charge on any atom is -0.462 e. The maximum Gasteiger partial charge on any atom is 0.341 e. The minimum atomic E-state index is -0.499. The number of carbonyl (C=O) groups is 1. The van der Waals surface area contributed by atoms with Gasteiger partial charge in [0.05, 0.1) is 36.4 Å². The van der Waals surface area contributed by atoms with Crippen molar-refractivity contribution in [3.8, 4) is 6.07 Å². The standard InChI is InChI=1S/C17H19N3O2/c1-4-22-16(21)14-9-19-20(11-14)10-13-5-7-15(8-6-13)17(2,3)12-18/h5-9,11H,4,10H2,1-3H3. The number of hydrogen-bond acceptors (Lipinski definition) is 4. The van der Waals surface area contributed by atoms with Crippen LogP contribution in [-0.2, 0) is 16.7 Å². The van der Waals surface area contributed by atoms with E-state index >= 15 is 0 Å². The molecule has 0 aliphatic carbocycles. The molecule has 0 aliphatic rings. The number of aromatic nitrogens is 2. The van der Waals surface area contributed by atoms with E-state index in [9.17, 15) is 4.79 Å². The quantitative estimate of drug-likeness (QED) is 0.796. The summed E-state index contributed by atoms with van der Waals surface area (Å²) >= 11 is 0. The smallest absolute Gasteiger partial charge is 0.341 e. The van der Waals surface area contributed by atoms with Crippen LogP contribution in [0.5, 0.6) is 0 Å². The molecule has 0 saturated heterocycles. The van der Waals surface area contributed by atoms with Gasteiger partial charge < -0.3 is 4.74 Å². The van der Waals surface area contributed by atoms with E-state index in [1.165, 1.54) is 6.20 Å². The number of nitriles is 1. The van der Waals surface area contributed by atoms with Gasteiger partial charge in [0.1, 0.15) is 0 Å². The summed E-state index contributed by atoms with van der Waals surface area (Å²) in [6.45, 7) is 6.46. The number of benzene rings is 1. The molecule has 1 heterocycles. The monoisotopic (exact) mass is 297 g/mol. The number of hydrogen-bond donors (Lipinski definition) is 0. The Morgan fingerprint density at radius 3 is 2.64 bits per heavy atom. The first kappa shape index (κ1) is 15.8. The van der Waals surface area contributed by atoms with Gasteiger partial charge in [0.15, 0.2) is 0 Å². The lowest BCUT2D eigenvalue weighted by Crippen LogP contribution is -2.13. The second-order valence-electron chi connectivity index (χ2n) is 5.58. The van der Waals surface area contributed by atoms with E-state index in [4.69, 9.17) is 10.00 Å². The molecule has 0 saturated carbocycles. The molecular formula is C17H19N3O2. The predicted molar refractivity (Wildman–Crippen MR) is 82.4 cm³/mol. The third-order valence-corrected chi connectivity index (χ3v) is 3.44. The largest absolute Gasteiger partial charge is 0.462 e. The molecule has 0 amide bonds. The van der Waals surface area contributed by atoms with Gasteiger partial charge in [0, 0.05) is 6.20 Å². The number of carbonyl (C=O) groups excluding carboxylic acids is 1. The first-order valence-electron chi connectivity index (χ1n) is 7.16. The highest BCUT2D eigenvalue weighted by Gasteiger charge is 2.19. The molecule has 114 valence electrons. The van der Waals surface area contributed by atoms with Crippen LogP contribution < -0.4 is 0 Å². The fourth-order valence-corrected chi connectivity index (χ4v) is 2.05. The van der Waals surface area contributed by atoms with Crippen LogP contribution >= 0.6 is 0 Å². The molecule has 0 radical (unpaired) electrons. The van der Waals surface area contributed by atoms with E-state index in [0.717, 1.165) is 11.1 Å². The van der Waals surface area contributed by atoms with Crippen molar-refractivity contribution in [3.63, 3.8) is 0 Å². The molecule has 0 N–H and O–H groups in total. The Kier molecular flexibility index (Phi) is 4.62. The maximum absolute atomic E-state index is 11.6. The predicted octanol–water partition coefficient (Wildman–Crippen LogP) is 2.91. The minimum absolute atomic E-state index is 0.347. The van der Waals surface area contributed by atoms with Crippen molar-refractivity contribution in [2.24, 2.45) is 0 Å². The third kappa shape index (κ3) is 3.53. The van der Waals surface area contributed by atoms with Crippen molar-refractivity contribution in [1.82, 2.24) is 9.78 Å². The summed E-state index contributed by atoms with van der Waals surface area (Å²) in [6, 6.07) is 10.1. The summed E-state index contributed by atoms with van der Waals surface area (Å²) in [6.07, 6.45) is 3.18. The zero-order valence-electron chi connectivity index (χ0n) is 13.0. The van der Waals surface area contributed by atoms with Gasteiger partial charge in [0.25, 0.3) is 0 Å². The van der Waals surface area contributed by atoms with Crippen LogP contribution in [0.3, 0.4) is 0 Å². The van der Waals surface area contributed by atoms with Gasteiger partial charge in [0.2, 0.25) is 0 Å². The Balaban J connectivity index is 2.09. The summed E-state index contributed by atoms with van der Waals surface area (Å²) < 4.78 is 6.63. The number of nitrogens with zero attached hydrogens (tertiary/aromatic N) is 3. The van der Waals surface area contributed by atoms with Crippen LogP contribution in [0.4, 0.5) is 0 Å². The van der Waals surface area contributed by atoms with Crippen molar-refractivity contribution >= 4 is 5.97 Å². The van der Waals surface area contributed by atoms with Crippen LogP contribution in [0.2, 0.25) is 0 Å². The highest BCUT2D eigenvalue weighted by atomic mass is 16.5. The second kappa shape index (κ2) is 6.44. The molecule has 0 unspecified atom stereocenters. The van der Waals surface area contributed by atoms with Crippen LogP contribution in [0, 0.1) is 11.3 Å². The fourth-order valence-electron chi connectivity index (χ4n) is 2.05. The van der Waals surface area contributed by atoms with Gasteiger partial charge in [-0.05, 0) is 31.9 Å². The molecule has 1 aromatic carbocycles. The molecular weight excluding hydrogens is 278 g/mol. The first-order chi connectivity index (χ1) is 10.5. The Hall–Kier alpha value is -2.61. The van der Waals surface area contributed by atoms with Crippen LogP contribution in [-0.4, -0.2) is 22.4 Å². The third-order valence-electron chi connectivity index (χ3n) is 3.44. The Labute approximate surface area is 130 Å². The first-order valence-corrected chi connectivity index (χ1v) is 7.16. The van der Waals surface area contributed by atoms with E-state index in [0.29, 0.717) is 18.7 Å². The lowest BCUT2D eigenvalue weighted by Gasteiger charge is -2.15. The number of ether oxygens (including phenoxy) is 1. The van der Waals surface area contributed by atoms with Crippen LogP contribution in [0.25, 0.3) is 0 Å². The second-order valence-corrected chi connectivity index (χ2v) is 5.58. The topological polar surface area (TPSA) is 67.9 Å². The Morgan fingerprint density at radius 1 is 1.36 bits per heavy atom. The molecule has 0 spiro atoms. The number of rotatable bonds is 5. The number of esters is 1. The summed E-state index contributed by atoms with van der Waals surface area (Å²) in [5.41, 5.74) is 1.98. The average molecular weight is 297 g/mol. The maximum atomic E-state index is 11.6. The zero-order chi connectivity index (χ0) is 16.2. The van der Waals surface area contributed by atoms with Crippen molar-refractivity contribution in [2.75, 3.05) is 6.61 Å². The Morgan fingerprint density at radius 2 is 2.05 bits per heavy atom. The summed E-state index contributed by atoms with van der Waals surface area (Å²) in [5.74, 6) is -0.361. The summed E-state index contributed by atoms with van der Waals surface area (Å²) in [7, 11) is 0. The van der Waals surface area contributed by atoms with E-state index in [1.54, 1.807) is 17.8 Å². The highest BCUT2D eigenvalue weighted by molar-refractivity contribution is 5.88. The molecule has 5 nitrogen and oxygen atoms in total. The van der Waals surface area contributed by atoms with Crippen LogP contribution in [0.15, 0.2) is 36.7 Å². The van der Waals surface area contributed by atoms with Gasteiger partial charge in [-0.2, -0.15) is 10.4 Å². The van der Waals surface area contributed by atoms with Gasteiger partial charge in [-0.1, -0.05) is 24.3 Å². The highest BCUT2D eigenvalue weighted by Crippen LogP contribution is 2.22. The van der Waals surface area contributed by atoms with Crippen molar-refractivity contribution < 1.29 is 9.53 Å². The van der Waals surface area contributed by atoms with Crippen LogP contribution in [0.1, 0.15) is 42.3 Å². The SMILES string of the molecule is CCOC(=O)c1cnn(Cc2ccc(C(C)(C)C#N)cc2)c1. The molecule has 2 rings (SSSR count). The van der Waals surface area contributed by atoms with E-state index < -0.39 is 5.41 Å². The van der Waals surface area contributed by atoms with E-state index in [-0.39, 0.29) is 5.97 Å². The fraction of sp³-hybridized carbons (Fsp3) is 0.353. The van der Waals surface area contributed by atoms with Gasteiger partial charge >= 0.3 is 5.97 Å². The summed E-state index contributed by atoms with van der Waals surface area (Å²) in [5, 5.41) is 13.3. The molecule has 5 heteroatoms. The lowest BCUT2D eigenvalue weighted by molar-refractivity contribution is 0.0526. The van der Waals surface area contributed by atoms with Gasteiger partial charge in [-0.25, -0.2) is 4.79 Å². The normalized spacial score (nSPS) is 11.0. The zero-order valence-corrected chi connectivity index (χ0v) is 13.0. The van der Waals surface area contributed by atoms with E-state index in [2.05, 4.69) is 11.2 Å². The average Bonchev–Trinajstić information content (AvgIpc) is 2.97. The molecule has 0 fully saturated rings. The molecule has 0 atom stereocenters.